The van der Waals surface area contributed by atoms with Crippen LogP contribution in [0.3, 0.4) is 0 Å². The van der Waals surface area contributed by atoms with E-state index in [0.717, 1.165) is 11.1 Å². The van der Waals surface area contributed by atoms with Crippen molar-refractivity contribution < 1.29 is 18.7 Å². The Balaban J connectivity index is 1.55. The molecule has 0 atom stereocenters. The van der Waals surface area contributed by atoms with Gasteiger partial charge in [0.1, 0.15) is 0 Å². The summed E-state index contributed by atoms with van der Waals surface area (Å²) < 4.78 is 10.3. The molecule has 0 spiro atoms. The van der Waals surface area contributed by atoms with Crippen molar-refractivity contribution in [2.45, 2.75) is 6.92 Å². The third-order valence-corrected chi connectivity index (χ3v) is 3.28. The highest BCUT2D eigenvalue weighted by atomic mass is 16.5. The average molecular weight is 337 g/mol. The van der Waals surface area contributed by atoms with Crippen LogP contribution in [0.4, 0.5) is 6.01 Å². The molecule has 0 aliphatic heterocycles. The smallest absolute Gasteiger partial charge is 0.338 e. The third-order valence-electron chi connectivity index (χ3n) is 3.28. The van der Waals surface area contributed by atoms with Gasteiger partial charge in [0.2, 0.25) is 5.89 Å². The lowest BCUT2D eigenvalue weighted by Gasteiger charge is -2.04. The van der Waals surface area contributed by atoms with E-state index in [9.17, 15) is 9.59 Å². The number of nitrogens with one attached hydrogen (secondary N) is 1. The lowest BCUT2D eigenvalue weighted by atomic mass is 10.1. The predicted molar refractivity (Wildman–Crippen MR) is 89.8 cm³/mol. The molecular weight excluding hydrogens is 322 g/mol. The quantitative estimate of drug-likeness (QED) is 0.720. The normalized spacial score (nSPS) is 10.3. The van der Waals surface area contributed by atoms with Crippen LogP contribution < -0.4 is 5.32 Å². The second-order valence-corrected chi connectivity index (χ2v) is 5.27. The highest BCUT2D eigenvalue weighted by Crippen LogP contribution is 2.18. The molecule has 0 aliphatic rings. The van der Waals surface area contributed by atoms with Crippen molar-refractivity contribution in [3.8, 4) is 11.5 Å². The van der Waals surface area contributed by atoms with Crippen molar-refractivity contribution in [1.82, 2.24) is 10.2 Å². The lowest BCUT2D eigenvalue weighted by Crippen LogP contribution is -2.21. The van der Waals surface area contributed by atoms with Crippen LogP contribution in [0.5, 0.6) is 0 Å². The first-order valence-electron chi connectivity index (χ1n) is 7.54. The Morgan fingerprint density at radius 1 is 1.08 bits per heavy atom. The first kappa shape index (κ1) is 16.4. The summed E-state index contributed by atoms with van der Waals surface area (Å²) in [7, 11) is 0. The number of ether oxygens (including phenoxy) is 1. The van der Waals surface area contributed by atoms with Crippen molar-refractivity contribution in [3.63, 3.8) is 0 Å². The zero-order valence-corrected chi connectivity index (χ0v) is 13.4. The van der Waals surface area contributed by atoms with Gasteiger partial charge in [-0.05, 0) is 31.2 Å². The molecule has 0 bridgehead atoms. The second-order valence-electron chi connectivity index (χ2n) is 5.27. The summed E-state index contributed by atoms with van der Waals surface area (Å²) in [4.78, 5) is 23.7. The van der Waals surface area contributed by atoms with E-state index in [-0.39, 0.29) is 11.9 Å². The number of aryl methyl sites for hydroxylation is 1. The van der Waals surface area contributed by atoms with E-state index in [4.69, 9.17) is 9.15 Å². The molecule has 126 valence electrons. The fourth-order valence-electron chi connectivity index (χ4n) is 2.11. The van der Waals surface area contributed by atoms with Crippen molar-refractivity contribution in [3.05, 3.63) is 65.7 Å². The molecule has 0 saturated heterocycles. The summed E-state index contributed by atoms with van der Waals surface area (Å²) in [5.74, 6) is -0.855. The average Bonchev–Trinajstić information content (AvgIpc) is 3.09. The SMILES string of the molecule is Cc1cccc(C(=O)OCC(=O)Nc2nnc(-c3ccccc3)o2)c1. The molecule has 3 aromatic rings. The summed E-state index contributed by atoms with van der Waals surface area (Å²) in [5, 5.41) is 9.99. The number of rotatable bonds is 5. The minimum atomic E-state index is -0.575. The van der Waals surface area contributed by atoms with Gasteiger partial charge in [-0.25, -0.2) is 4.79 Å². The van der Waals surface area contributed by atoms with Crippen LogP contribution in [-0.2, 0) is 9.53 Å². The van der Waals surface area contributed by atoms with Gasteiger partial charge in [0.05, 0.1) is 5.56 Å². The molecule has 3 rings (SSSR count). The molecule has 7 nitrogen and oxygen atoms in total. The Bertz CT molecular complexity index is 890. The summed E-state index contributed by atoms with van der Waals surface area (Å²) >= 11 is 0. The molecule has 0 radical (unpaired) electrons. The van der Waals surface area contributed by atoms with Crippen LogP contribution in [0.25, 0.3) is 11.5 Å². The second kappa shape index (κ2) is 7.39. The van der Waals surface area contributed by atoms with Crippen LogP contribution in [-0.4, -0.2) is 28.7 Å². The molecule has 7 heteroatoms. The summed E-state index contributed by atoms with van der Waals surface area (Å²) in [6, 6.07) is 16.0. The molecule has 1 heterocycles. The maximum Gasteiger partial charge on any atom is 0.338 e. The topological polar surface area (TPSA) is 94.3 Å². The minimum Gasteiger partial charge on any atom is -0.452 e. The fraction of sp³-hybridized carbons (Fsp3) is 0.111. The highest BCUT2D eigenvalue weighted by Gasteiger charge is 2.14. The van der Waals surface area contributed by atoms with E-state index in [1.807, 2.05) is 43.3 Å². The maximum atomic E-state index is 11.9. The Hall–Kier alpha value is -3.48. The predicted octanol–water partition coefficient (Wildman–Crippen LogP) is 2.84. The Kier molecular flexibility index (Phi) is 4.84. The summed E-state index contributed by atoms with van der Waals surface area (Å²) in [6.45, 7) is 1.42. The van der Waals surface area contributed by atoms with E-state index in [1.165, 1.54) is 0 Å². The van der Waals surface area contributed by atoms with Gasteiger partial charge in [-0.3, -0.25) is 10.1 Å². The van der Waals surface area contributed by atoms with Gasteiger partial charge < -0.3 is 9.15 Å². The van der Waals surface area contributed by atoms with Gasteiger partial charge in [-0.1, -0.05) is 41.0 Å². The molecule has 1 N–H and O–H groups in total. The zero-order valence-electron chi connectivity index (χ0n) is 13.4. The summed E-state index contributed by atoms with van der Waals surface area (Å²) in [6.07, 6.45) is 0. The largest absolute Gasteiger partial charge is 0.452 e. The van der Waals surface area contributed by atoms with Crippen molar-refractivity contribution in [2.24, 2.45) is 0 Å². The Labute approximate surface area is 143 Å². The monoisotopic (exact) mass is 337 g/mol. The van der Waals surface area contributed by atoms with Crippen molar-refractivity contribution in [2.75, 3.05) is 11.9 Å². The first-order valence-corrected chi connectivity index (χ1v) is 7.54. The van der Waals surface area contributed by atoms with Crippen molar-refractivity contribution >= 4 is 17.9 Å². The molecule has 1 amide bonds. The van der Waals surface area contributed by atoms with Gasteiger partial charge in [0.25, 0.3) is 5.91 Å². The number of amides is 1. The number of carbonyl (C=O) groups is 2. The fourth-order valence-corrected chi connectivity index (χ4v) is 2.11. The Morgan fingerprint density at radius 3 is 2.64 bits per heavy atom. The van der Waals surface area contributed by atoms with E-state index >= 15 is 0 Å². The van der Waals surface area contributed by atoms with Crippen LogP contribution in [0.1, 0.15) is 15.9 Å². The van der Waals surface area contributed by atoms with Crippen LogP contribution in [0.15, 0.2) is 59.0 Å². The van der Waals surface area contributed by atoms with Gasteiger partial charge in [0, 0.05) is 5.56 Å². The molecule has 1 aromatic heterocycles. The van der Waals surface area contributed by atoms with E-state index in [0.29, 0.717) is 5.56 Å². The van der Waals surface area contributed by atoms with E-state index in [1.54, 1.807) is 18.2 Å². The number of esters is 1. The molecule has 0 fully saturated rings. The molecular formula is C18H15N3O4. The molecule has 0 saturated carbocycles. The molecule has 25 heavy (non-hydrogen) atoms. The van der Waals surface area contributed by atoms with Crippen LogP contribution in [0.2, 0.25) is 0 Å². The zero-order chi connectivity index (χ0) is 17.6. The van der Waals surface area contributed by atoms with E-state index in [2.05, 4.69) is 15.5 Å². The number of hydrogen-bond acceptors (Lipinski definition) is 6. The molecule has 2 aromatic carbocycles. The number of carbonyl (C=O) groups excluding carboxylic acids is 2. The number of nitrogens with zero attached hydrogens (tertiary/aromatic N) is 2. The van der Waals surface area contributed by atoms with Gasteiger partial charge in [-0.2, -0.15) is 0 Å². The standard InChI is InChI=1S/C18H15N3O4/c1-12-6-5-9-14(10-12)17(23)24-11-15(22)19-18-21-20-16(25-18)13-7-3-2-4-8-13/h2-10H,11H2,1H3,(H,19,21,22). The molecule has 0 aliphatic carbocycles. The number of hydrogen-bond donors (Lipinski definition) is 1. The van der Waals surface area contributed by atoms with Crippen molar-refractivity contribution in [1.29, 1.82) is 0 Å². The third kappa shape index (κ3) is 4.29. The van der Waals surface area contributed by atoms with Gasteiger partial charge >= 0.3 is 12.0 Å². The Morgan fingerprint density at radius 2 is 1.88 bits per heavy atom. The van der Waals surface area contributed by atoms with Gasteiger partial charge in [0.15, 0.2) is 6.61 Å². The highest BCUT2D eigenvalue weighted by molar-refractivity contribution is 5.94. The number of anilines is 1. The molecule has 0 unspecified atom stereocenters. The van der Waals surface area contributed by atoms with Crippen LogP contribution in [0, 0.1) is 6.92 Å². The van der Waals surface area contributed by atoms with E-state index < -0.39 is 18.5 Å². The van der Waals surface area contributed by atoms with Crippen LogP contribution >= 0.6 is 0 Å². The number of benzene rings is 2. The lowest BCUT2D eigenvalue weighted by molar-refractivity contribution is -0.119. The summed E-state index contributed by atoms with van der Waals surface area (Å²) in [5.41, 5.74) is 2.05. The number of aromatic nitrogens is 2. The maximum absolute atomic E-state index is 11.9. The minimum absolute atomic E-state index is 0.0598. The first-order chi connectivity index (χ1) is 12.1. The van der Waals surface area contributed by atoms with Gasteiger partial charge in [-0.15, -0.1) is 5.10 Å².